The normalized spacial score (nSPS) is 15.8. The van der Waals surface area contributed by atoms with Gasteiger partial charge < -0.3 is 20.1 Å². The molecule has 0 radical (unpaired) electrons. The minimum Gasteiger partial charge on any atom is -0.493 e. The zero-order chi connectivity index (χ0) is 20.6. The Morgan fingerprint density at radius 1 is 1.03 bits per heavy atom. The maximum absolute atomic E-state index is 5.39. The number of aryl methyl sites for hydroxylation is 1. The summed E-state index contributed by atoms with van der Waals surface area (Å²) in [5.74, 6) is 2.12. The van der Waals surface area contributed by atoms with Gasteiger partial charge in [-0.3, -0.25) is 9.89 Å². The number of aliphatic imine (C=N–C) groups is 1. The summed E-state index contributed by atoms with van der Waals surface area (Å²) in [6.07, 6.45) is 2.53. The molecule has 6 heteroatoms. The van der Waals surface area contributed by atoms with Gasteiger partial charge in [0.05, 0.1) is 20.3 Å². The zero-order valence-corrected chi connectivity index (χ0v) is 17.9. The molecule has 0 aliphatic carbocycles. The highest BCUT2D eigenvalue weighted by Gasteiger charge is 2.23. The van der Waals surface area contributed by atoms with E-state index in [4.69, 9.17) is 9.47 Å². The third-order valence-electron chi connectivity index (χ3n) is 5.38. The van der Waals surface area contributed by atoms with Crippen LogP contribution in [0.5, 0.6) is 11.5 Å². The van der Waals surface area contributed by atoms with Crippen LogP contribution in [0.25, 0.3) is 0 Å². The maximum Gasteiger partial charge on any atom is 0.195 e. The molecule has 0 saturated carbocycles. The van der Waals surface area contributed by atoms with Crippen LogP contribution in [0.4, 0.5) is 5.69 Å². The van der Waals surface area contributed by atoms with Crippen LogP contribution in [0.15, 0.2) is 47.5 Å². The molecule has 2 aromatic carbocycles. The Labute approximate surface area is 173 Å². The van der Waals surface area contributed by atoms with E-state index in [1.54, 1.807) is 21.3 Å². The minimum atomic E-state index is 0.321. The molecule has 3 rings (SSSR count). The Morgan fingerprint density at radius 3 is 2.34 bits per heavy atom. The molecule has 1 aliphatic heterocycles. The fraction of sp³-hybridized carbons (Fsp3) is 0.435. The molecule has 1 heterocycles. The van der Waals surface area contributed by atoms with Crippen molar-refractivity contribution >= 4 is 11.6 Å². The second kappa shape index (κ2) is 10.2. The number of benzene rings is 2. The molecular weight excluding hydrogens is 364 g/mol. The van der Waals surface area contributed by atoms with Crippen LogP contribution in [0.1, 0.15) is 30.0 Å². The van der Waals surface area contributed by atoms with Gasteiger partial charge in [0.1, 0.15) is 0 Å². The van der Waals surface area contributed by atoms with Crippen LogP contribution in [-0.2, 0) is 0 Å². The van der Waals surface area contributed by atoms with Crippen LogP contribution < -0.4 is 20.1 Å². The number of guanidine groups is 1. The third kappa shape index (κ3) is 5.41. The standard InChI is InChI=1S/C23H32N4O2/c1-17-7-9-18(10-8-17)20(27-13-5-6-14-27)16-25-23(24-2)26-19-11-12-21(28-3)22(15-19)29-4/h7-12,15,20H,5-6,13-14,16H2,1-4H3,(H2,24,25,26). The molecule has 156 valence electrons. The molecule has 2 aromatic rings. The molecule has 0 aromatic heterocycles. The highest BCUT2D eigenvalue weighted by molar-refractivity contribution is 5.93. The van der Waals surface area contributed by atoms with Crippen molar-refractivity contribution in [2.45, 2.75) is 25.8 Å². The van der Waals surface area contributed by atoms with Gasteiger partial charge in [0.2, 0.25) is 0 Å². The van der Waals surface area contributed by atoms with Gasteiger partial charge >= 0.3 is 0 Å². The molecule has 1 unspecified atom stereocenters. The fourth-order valence-corrected chi connectivity index (χ4v) is 3.72. The van der Waals surface area contributed by atoms with E-state index in [9.17, 15) is 0 Å². The second-order valence-electron chi connectivity index (χ2n) is 7.32. The SMILES string of the molecule is CN=C(NCC(c1ccc(C)cc1)N1CCCC1)Nc1ccc(OC)c(OC)c1. The zero-order valence-electron chi connectivity index (χ0n) is 17.9. The van der Waals surface area contributed by atoms with E-state index in [0.717, 1.165) is 31.3 Å². The number of nitrogens with one attached hydrogen (secondary N) is 2. The second-order valence-corrected chi connectivity index (χ2v) is 7.32. The monoisotopic (exact) mass is 396 g/mol. The van der Waals surface area contributed by atoms with Gasteiger partial charge in [-0.25, -0.2) is 0 Å². The van der Waals surface area contributed by atoms with Crippen molar-refractivity contribution in [1.82, 2.24) is 10.2 Å². The van der Waals surface area contributed by atoms with E-state index in [-0.39, 0.29) is 0 Å². The first-order chi connectivity index (χ1) is 14.1. The van der Waals surface area contributed by atoms with Crippen molar-refractivity contribution in [3.8, 4) is 11.5 Å². The maximum atomic E-state index is 5.39. The van der Waals surface area contributed by atoms with Gasteiger partial charge in [-0.1, -0.05) is 29.8 Å². The largest absolute Gasteiger partial charge is 0.493 e. The van der Waals surface area contributed by atoms with E-state index in [2.05, 4.69) is 51.7 Å². The van der Waals surface area contributed by atoms with Crippen molar-refractivity contribution < 1.29 is 9.47 Å². The smallest absolute Gasteiger partial charge is 0.195 e. The van der Waals surface area contributed by atoms with Crippen molar-refractivity contribution in [2.24, 2.45) is 4.99 Å². The molecule has 0 bridgehead atoms. The van der Waals surface area contributed by atoms with Crippen molar-refractivity contribution in [2.75, 3.05) is 46.2 Å². The summed E-state index contributed by atoms with van der Waals surface area (Å²) in [7, 11) is 5.05. The van der Waals surface area contributed by atoms with E-state index in [1.807, 2.05) is 18.2 Å². The summed E-state index contributed by atoms with van der Waals surface area (Å²) in [6.45, 7) is 5.20. The molecule has 0 spiro atoms. The summed E-state index contributed by atoms with van der Waals surface area (Å²) < 4.78 is 10.7. The molecule has 1 aliphatic rings. The lowest BCUT2D eigenvalue weighted by molar-refractivity contribution is 0.246. The topological polar surface area (TPSA) is 58.1 Å². The Hall–Kier alpha value is -2.73. The van der Waals surface area contributed by atoms with Crippen LogP contribution in [0, 0.1) is 6.92 Å². The summed E-state index contributed by atoms with van der Waals surface area (Å²) in [6, 6.07) is 14.9. The number of hydrogen-bond acceptors (Lipinski definition) is 4. The average molecular weight is 397 g/mol. The Morgan fingerprint density at radius 2 is 1.72 bits per heavy atom. The molecule has 1 saturated heterocycles. The molecule has 1 fully saturated rings. The van der Waals surface area contributed by atoms with E-state index >= 15 is 0 Å². The lowest BCUT2D eigenvalue weighted by atomic mass is 10.0. The van der Waals surface area contributed by atoms with Crippen LogP contribution in [0.2, 0.25) is 0 Å². The van der Waals surface area contributed by atoms with Gasteiger partial charge in [0, 0.05) is 25.3 Å². The van der Waals surface area contributed by atoms with E-state index in [0.29, 0.717) is 17.5 Å². The predicted molar refractivity (Wildman–Crippen MR) is 119 cm³/mol. The van der Waals surface area contributed by atoms with Crippen molar-refractivity contribution in [3.63, 3.8) is 0 Å². The molecular formula is C23H32N4O2. The summed E-state index contributed by atoms with van der Waals surface area (Å²) >= 11 is 0. The number of likely N-dealkylation sites (tertiary alicyclic amines) is 1. The van der Waals surface area contributed by atoms with Crippen molar-refractivity contribution in [1.29, 1.82) is 0 Å². The first kappa shape index (κ1) is 21.0. The first-order valence-electron chi connectivity index (χ1n) is 10.1. The van der Waals surface area contributed by atoms with Crippen LogP contribution in [0.3, 0.4) is 0 Å². The van der Waals surface area contributed by atoms with Gasteiger partial charge in [-0.05, 0) is 50.6 Å². The quantitative estimate of drug-likeness (QED) is 0.550. The number of hydrogen-bond donors (Lipinski definition) is 2. The number of anilines is 1. The summed E-state index contributed by atoms with van der Waals surface area (Å²) in [5.41, 5.74) is 3.52. The number of methoxy groups -OCH3 is 2. The molecule has 1 atom stereocenters. The third-order valence-corrected chi connectivity index (χ3v) is 5.38. The lowest BCUT2D eigenvalue weighted by Gasteiger charge is -2.29. The molecule has 29 heavy (non-hydrogen) atoms. The fourth-order valence-electron chi connectivity index (χ4n) is 3.72. The molecule has 2 N–H and O–H groups in total. The first-order valence-corrected chi connectivity index (χ1v) is 10.1. The van der Waals surface area contributed by atoms with Gasteiger partial charge in [0.25, 0.3) is 0 Å². The minimum absolute atomic E-state index is 0.321. The highest BCUT2D eigenvalue weighted by Crippen LogP contribution is 2.30. The van der Waals surface area contributed by atoms with E-state index in [1.165, 1.54) is 24.0 Å². The van der Waals surface area contributed by atoms with Gasteiger partial charge in [-0.15, -0.1) is 0 Å². The number of ether oxygens (including phenoxy) is 2. The molecule has 6 nitrogen and oxygen atoms in total. The summed E-state index contributed by atoms with van der Waals surface area (Å²) in [4.78, 5) is 6.95. The average Bonchev–Trinajstić information content (AvgIpc) is 3.28. The van der Waals surface area contributed by atoms with Crippen molar-refractivity contribution in [3.05, 3.63) is 53.6 Å². The Bertz CT molecular complexity index is 814. The summed E-state index contributed by atoms with van der Waals surface area (Å²) in [5, 5.41) is 6.85. The number of nitrogens with zero attached hydrogens (tertiary/aromatic N) is 2. The Balaban J connectivity index is 1.69. The molecule has 0 amide bonds. The Kier molecular flexibility index (Phi) is 7.36. The predicted octanol–water partition coefficient (Wildman–Crippen LogP) is 3.84. The van der Waals surface area contributed by atoms with Gasteiger partial charge in [-0.2, -0.15) is 0 Å². The number of rotatable bonds is 7. The lowest BCUT2D eigenvalue weighted by Crippen LogP contribution is -2.39. The highest BCUT2D eigenvalue weighted by atomic mass is 16.5. The van der Waals surface area contributed by atoms with Crippen LogP contribution >= 0.6 is 0 Å². The van der Waals surface area contributed by atoms with Gasteiger partial charge in [0.15, 0.2) is 17.5 Å². The van der Waals surface area contributed by atoms with Crippen LogP contribution in [-0.4, -0.2) is 51.8 Å². The van der Waals surface area contributed by atoms with E-state index < -0.39 is 0 Å².